The molecule has 0 bridgehead atoms. The number of primary sulfonamides is 1. The smallest absolute Gasteiger partial charge is 0.238 e. The lowest BCUT2D eigenvalue weighted by atomic mass is 9.88. The monoisotopic (exact) mass is 366 g/mol. The number of allylic oxidation sites excluding steroid dienone is 4. The molecule has 4 rings (SSSR count). The van der Waals surface area contributed by atoms with Crippen LogP contribution in [0.2, 0.25) is 0 Å². The minimum atomic E-state index is -3.68. The maximum atomic E-state index is 11.5. The number of pyridine rings is 1. The first-order valence-corrected chi connectivity index (χ1v) is 10.4. The second-order valence-electron chi connectivity index (χ2n) is 7.35. The summed E-state index contributed by atoms with van der Waals surface area (Å²) in [6.45, 7) is 2.03. The van der Waals surface area contributed by atoms with E-state index in [-0.39, 0.29) is 10.3 Å². The molecular formula is C21H22N2O2S. The molecule has 0 aliphatic heterocycles. The first-order valence-electron chi connectivity index (χ1n) is 8.89. The molecular weight excluding hydrogens is 344 g/mol. The molecule has 0 atom stereocenters. The van der Waals surface area contributed by atoms with Crippen LogP contribution in [0.3, 0.4) is 0 Å². The molecule has 1 aromatic heterocycles. The second-order valence-corrected chi connectivity index (χ2v) is 8.91. The minimum Gasteiger partial charge on any atom is -0.256 e. The fourth-order valence-electron chi connectivity index (χ4n) is 4.00. The van der Waals surface area contributed by atoms with Gasteiger partial charge in [-0.3, -0.25) is 4.98 Å². The van der Waals surface area contributed by atoms with Crippen LogP contribution in [0.25, 0.3) is 11.1 Å². The Morgan fingerprint density at radius 1 is 0.962 bits per heavy atom. The average molecular weight is 366 g/mol. The van der Waals surface area contributed by atoms with Gasteiger partial charge in [-0.05, 0) is 54.7 Å². The number of hydrogen-bond donors (Lipinski definition) is 1. The molecule has 0 saturated heterocycles. The molecule has 0 unspecified atom stereocenters. The van der Waals surface area contributed by atoms with Crippen LogP contribution >= 0.6 is 0 Å². The third-order valence-corrected chi connectivity index (χ3v) is 6.30. The summed E-state index contributed by atoms with van der Waals surface area (Å²) in [4.78, 5) is 4.76. The zero-order valence-corrected chi connectivity index (χ0v) is 15.6. The highest BCUT2D eigenvalue weighted by atomic mass is 32.2. The molecule has 26 heavy (non-hydrogen) atoms. The number of sulfonamides is 1. The van der Waals surface area contributed by atoms with Gasteiger partial charge >= 0.3 is 0 Å². The summed E-state index contributed by atoms with van der Waals surface area (Å²) in [6.07, 6.45) is 11.4. The molecule has 0 amide bonds. The Hall–Kier alpha value is -2.24. The molecule has 1 spiro atoms. The Morgan fingerprint density at radius 3 is 2.19 bits per heavy atom. The summed E-state index contributed by atoms with van der Waals surface area (Å²) in [5.74, 6) is 0. The van der Waals surface area contributed by atoms with Crippen molar-refractivity contribution in [1.82, 2.24) is 4.98 Å². The van der Waals surface area contributed by atoms with Gasteiger partial charge in [0.25, 0.3) is 0 Å². The normalized spacial score (nSPS) is 18.8. The van der Waals surface area contributed by atoms with Gasteiger partial charge in [-0.25, -0.2) is 13.6 Å². The molecule has 2 aliphatic rings. The highest BCUT2D eigenvalue weighted by molar-refractivity contribution is 7.89. The highest BCUT2D eigenvalue weighted by Crippen LogP contribution is 2.51. The van der Waals surface area contributed by atoms with Crippen molar-refractivity contribution in [3.63, 3.8) is 0 Å². The van der Waals surface area contributed by atoms with Gasteiger partial charge in [-0.15, -0.1) is 0 Å². The summed E-state index contributed by atoms with van der Waals surface area (Å²) in [6, 6.07) is 11.0. The summed E-state index contributed by atoms with van der Waals surface area (Å²) in [5, 5.41) is 5.22. The molecule has 0 radical (unpaired) electrons. The van der Waals surface area contributed by atoms with Crippen LogP contribution in [0.15, 0.2) is 59.6 Å². The van der Waals surface area contributed by atoms with Gasteiger partial charge in [0.1, 0.15) is 0 Å². The topological polar surface area (TPSA) is 73.1 Å². The number of aryl methyl sites for hydroxylation is 1. The molecule has 1 fully saturated rings. The van der Waals surface area contributed by atoms with Gasteiger partial charge in [-0.2, -0.15) is 0 Å². The van der Waals surface area contributed by atoms with E-state index in [9.17, 15) is 8.42 Å². The molecule has 5 heteroatoms. The SMILES string of the molecule is Cc1ccc(C2=CC3(C=C2c2ccc(S(N)(=O)=O)cc2)CCCC3)nc1. The number of nitrogens with zero attached hydrogens (tertiary/aromatic N) is 1. The predicted octanol–water partition coefficient (Wildman–Crippen LogP) is 4.08. The van der Waals surface area contributed by atoms with E-state index < -0.39 is 10.0 Å². The largest absolute Gasteiger partial charge is 0.256 e. The van der Waals surface area contributed by atoms with E-state index in [0.717, 1.165) is 40.8 Å². The van der Waals surface area contributed by atoms with Crippen molar-refractivity contribution in [1.29, 1.82) is 0 Å². The average Bonchev–Trinajstić information content (AvgIpc) is 3.22. The summed E-state index contributed by atoms with van der Waals surface area (Å²) in [5.41, 5.74) is 5.46. The van der Waals surface area contributed by atoms with Gasteiger partial charge in [0.2, 0.25) is 10.0 Å². The standard InChI is InChI=1S/C21H22N2O2S/c1-15-4-9-20(23-14-15)19-13-21(10-2-3-11-21)12-18(19)16-5-7-17(8-6-16)26(22,24)25/h4-9,12-14H,2-3,10-11H2,1H3,(H2,22,24,25). The van der Waals surface area contributed by atoms with E-state index in [1.807, 2.05) is 25.3 Å². The molecule has 2 aromatic rings. The highest BCUT2D eigenvalue weighted by Gasteiger charge is 2.36. The van der Waals surface area contributed by atoms with Crippen LogP contribution in [-0.2, 0) is 10.0 Å². The van der Waals surface area contributed by atoms with E-state index in [0.29, 0.717) is 0 Å². The van der Waals surface area contributed by atoms with Crippen LogP contribution < -0.4 is 5.14 Å². The molecule has 2 N–H and O–H groups in total. The zero-order chi connectivity index (χ0) is 18.4. The van der Waals surface area contributed by atoms with Crippen molar-refractivity contribution >= 4 is 21.2 Å². The Kier molecular flexibility index (Phi) is 4.09. The predicted molar refractivity (Wildman–Crippen MR) is 104 cm³/mol. The van der Waals surface area contributed by atoms with Crippen molar-refractivity contribution < 1.29 is 8.42 Å². The Balaban J connectivity index is 1.79. The molecule has 2 aliphatic carbocycles. The van der Waals surface area contributed by atoms with Crippen LogP contribution in [0, 0.1) is 12.3 Å². The number of rotatable bonds is 3. The van der Waals surface area contributed by atoms with Crippen molar-refractivity contribution in [2.45, 2.75) is 37.5 Å². The van der Waals surface area contributed by atoms with E-state index in [1.165, 1.54) is 12.8 Å². The van der Waals surface area contributed by atoms with Crippen molar-refractivity contribution in [3.8, 4) is 0 Å². The van der Waals surface area contributed by atoms with Gasteiger partial charge < -0.3 is 0 Å². The molecule has 1 heterocycles. The lowest BCUT2D eigenvalue weighted by molar-refractivity contribution is 0.523. The fraction of sp³-hybridized carbons (Fsp3) is 0.286. The summed E-state index contributed by atoms with van der Waals surface area (Å²) < 4.78 is 23.1. The summed E-state index contributed by atoms with van der Waals surface area (Å²) >= 11 is 0. The van der Waals surface area contributed by atoms with E-state index in [4.69, 9.17) is 5.14 Å². The van der Waals surface area contributed by atoms with Crippen LogP contribution in [0.1, 0.15) is 42.5 Å². The van der Waals surface area contributed by atoms with Gasteiger partial charge in [-0.1, -0.05) is 43.2 Å². The van der Waals surface area contributed by atoms with Crippen molar-refractivity contribution in [3.05, 3.63) is 71.6 Å². The second kappa shape index (κ2) is 6.18. The van der Waals surface area contributed by atoms with E-state index in [2.05, 4.69) is 29.3 Å². The van der Waals surface area contributed by atoms with Crippen LogP contribution in [-0.4, -0.2) is 13.4 Å². The summed E-state index contributed by atoms with van der Waals surface area (Å²) in [7, 11) is -3.68. The first-order chi connectivity index (χ1) is 12.4. The van der Waals surface area contributed by atoms with Gasteiger partial charge in [0.15, 0.2) is 0 Å². The Bertz CT molecular complexity index is 995. The van der Waals surface area contributed by atoms with Gasteiger partial charge in [0.05, 0.1) is 10.6 Å². The molecule has 1 aromatic carbocycles. The third kappa shape index (κ3) is 3.13. The van der Waals surface area contributed by atoms with Gasteiger partial charge in [0, 0.05) is 17.2 Å². The molecule has 4 nitrogen and oxygen atoms in total. The minimum absolute atomic E-state index is 0.107. The van der Waals surface area contributed by atoms with E-state index >= 15 is 0 Å². The Morgan fingerprint density at radius 2 is 1.62 bits per heavy atom. The Labute approximate surface area is 154 Å². The molecule has 134 valence electrons. The number of hydrogen-bond acceptors (Lipinski definition) is 3. The first kappa shape index (κ1) is 17.2. The lowest BCUT2D eigenvalue weighted by Crippen LogP contribution is -2.11. The lowest BCUT2D eigenvalue weighted by Gasteiger charge is -2.16. The zero-order valence-electron chi connectivity index (χ0n) is 14.8. The quantitative estimate of drug-likeness (QED) is 0.889. The van der Waals surface area contributed by atoms with Crippen LogP contribution in [0.5, 0.6) is 0 Å². The third-order valence-electron chi connectivity index (χ3n) is 5.37. The number of benzene rings is 1. The van der Waals surface area contributed by atoms with Crippen molar-refractivity contribution in [2.24, 2.45) is 10.6 Å². The number of aromatic nitrogens is 1. The van der Waals surface area contributed by atoms with Crippen LogP contribution in [0.4, 0.5) is 0 Å². The van der Waals surface area contributed by atoms with E-state index in [1.54, 1.807) is 12.1 Å². The molecule has 1 saturated carbocycles. The maximum absolute atomic E-state index is 11.5. The maximum Gasteiger partial charge on any atom is 0.238 e. The number of nitrogens with two attached hydrogens (primary N) is 1. The fourth-order valence-corrected chi connectivity index (χ4v) is 4.51. The van der Waals surface area contributed by atoms with Crippen molar-refractivity contribution in [2.75, 3.05) is 0 Å².